The lowest BCUT2D eigenvalue weighted by Crippen LogP contribution is -2.31. The van der Waals surface area contributed by atoms with Gasteiger partial charge >= 0.3 is 0 Å². The van der Waals surface area contributed by atoms with E-state index in [1.807, 2.05) is 29.1 Å². The van der Waals surface area contributed by atoms with Gasteiger partial charge in [0.25, 0.3) is 0 Å². The van der Waals surface area contributed by atoms with Crippen molar-refractivity contribution in [1.82, 2.24) is 20.0 Å². The van der Waals surface area contributed by atoms with Crippen molar-refractivity contribution in [3.05, 3.63) is 48.3 Å². The van der Waals surface area contributed by atoms with Gasteiger partial charge in [-0.15, -0.1) is 0 Å². The Morgan fingerprint density at radius 1 is 1.10 bits per heavy atom. The molecule has 0 saturated carbocycles. The number of nitrogens with zero attached hydrogens (tertiary/aromatic N) is 3. The summed E-state index contributed by atoms with van der Waals surface area (Å²) in [5, 5.41) is 8.03. The molecule has 0 aliphatic rings. The van der Waals surface area contributed by atoms with Gasteiger partial charge in [0.15, 0.2) is 0 Å². The van der Waals surface area contributed by atoms with Gasteiger partial charge in [-0.1, -0.05) is 32.0 Å². The van der Waals surface area contributed by atoms with Crippen LogP contribution in [-0.4, -0.2) is 40.9 Å². The molecule has 1 heterocycles. The summed E-state index contributed by atoms with van der Waals surface area (Å²) in [4.78, 5) is 2.41. The van der Waals surface area contributed by atoms with Crippen LogP contribution in [0.5, 0.6) is 0 Å². The molecule has 0 radical (unpaired) electrons. The number of benzene rings is 1. The van der Waals surface area contributed by atoms with Crippen LogP contribution in [0.15, 0.2) is 42.6 Å². The second kappa shape index (κ2) is 7.82. The SMILES string of the molecule is CCN(CC)CCNCc1ccn(-c2ccccc2)n1. The molecule has 0 aliphatic heterocycles. The number of rotatable bonds is 8. The smallest absolute Gasteiger partial charge is 0.0766 e. The van der Waals surface area contributed by atoms with Gasteiger partial charge < -0.3 is 10.2 Å². The lowest BCUT2D eigenvalue weighted by molar-refractivity contribution is 0.302. The van der Waals surface area contributed by atoms with Gasteiger partial charge in [0.1, 0.15) is 0 Å². The van der Waals surface area contributed by atoms with Crippen LogP contribution in [0.2, 0.25) is 0 Å². The second-order valence-corrected chi connectivity index (χ2v) is 4.79. The molecule has 4 heteroatoms. The van der Waals surface area contributed by atoms with Gasteiger partial charge in [0, 0.05) is 25.8 Å². The minimum Gasteiger partial charge on any atom is -0.310 e. The molecule has 0 saturated heterocycles. The predicted octanol–water partition coefficient (Wildman–Crippen LogP) is 2.30. The van der Waals surface area contributed by atoms with Crippen molar-refractivity contribution in [2.45, 2.75) is 20.4 Å². The molecule has 1 aromatic heterocycles. The molecular formula is C16H24N4. The molecule has 20 heavy (non-hydrogen) atoms. The fourth-order valence-electron chi connectivity index (χ4n) is 2.17. The molecule has 0 amide bonds. The molecule has 4 nitrogen and oxygen atoms in total. The zero-order valence-electron chi connectivity index (χ0n) is 12.4. The molecule has 0 fully saturated rings. The van der Waals surface area contributed by atoms with Gasteiger partial charge in [0.05, 0.1) is 11.4 Å². The highest BCUT2D eigenvalue weighted by molar-refractivity contribution is 5.30. The quantitative estimate of drug-likeness (QED) is 0.749. The highest BCUT2D eigenvalue weighted by Gasteiger charge is 2.01. The lowest BCUT2D eigenvalue weighted by Gasteiger charge is -2.17. The van der Waals surface area contributed by atoms with Crippen LogP contribution in [0.3, 0.4) is 0 Å². The third-order valence-corrected chi connectivity index (χ3v) is 3.47. The van der Waals surface area contributed by atoms with E-state index in [4.69, 9.17) is 0 Å². The molecule has 0 atom stereocenters. The van der Waals surface area contributed by atoms with Gasteiger partial charge in [-0.2, -0.15) is 5.10 Å². The van der Waals surface area contributed by atoms with E-state index in [9.17, 15) is 0 Å². The summed E-state index contributed by atoms with van der Waals surface area (Å²) in [7, 11) is 0. The molecule has 0 bridgehead atoms. The third kappa shape index (κ3) is 4.18. The van der Waals surface area contributed by atoms with E-state index >= 15 is 0 Å². The Morgan fingerprint density at radius 2 is 1.85 bits per heavy atom. The number of nitrogens with one attached hydrogen (secondary N) is 1. The Balaban J connectivity index is 1.79. The van der Waals surface area contributed by atoms with E-state index in [0.717, 1.165) is 44.1 Å². The van der Waals surface area contributed by atoms with E-state index in [-0.39, 0.29) is 0 Å². The molecule has 1 N–H and O–H groups in total. The Morgan fingerprint density at radius 3 is 2.55 bits per heavy atom. The number of likely N-dealkylation sites (N-methyl/N-ethyl adjacent to an activating group) is 1. The standard InChI is InChI=1S/C16H24N4/c1-3-19(4-2)13-11-17-14-15-10-12-20(18-15)16-8-6-5-7-9-16/h5-10,12,17H,3-4,11,13-14H2,1-2H3. The summed E-state index contributed by atoms with van der Waals surface area (Å²) < 4.78 is 1.92. The summed E-state index contributed by atoms with van der Waals surface area (Å²) in [6, 6.07) is 12.3. The summed E-state index contributed by atoms with van der Waals surface area (Å²) in [6.45, 7) is 9.53. The van der Waals surface area contributed by atoms with Gasteiger partial charge in [-0.3, -0.25) is 0 Å². The minimum absolute atomic E-state index is 0.821. The van der Waals surface area contributed by atoms with E-state index in [2.05, 4.69) is 47.4 Å². The highest BCUT2D eigenvalue weighted by atomic mass is 15.3. The van der Waals surface area contributed by atoms with Crippen molar-refractivity contribution < 1.29 is 0 Å². The van der Waals surface area contributed by atoms with Crippen LogP contribution in [0.1, 0.15) is 19.5 Å². The summed E-state index contributed by atoms with van der Waals surface area (Å²) >= 11 is 0. The normalized spacial score (nSPS) is 11.2. The van der Waals surface area contributed by atoms with Crippen molar-refractivity contribution in [3.63, 3.8) is 0 Å². The van der Waals surface area contributed by atoms with Crippen molar-refractivity contribution in [1.29, 1.82) is 0 Å². The summed E-state index contributed by atoms with van der Waals surface area (Å²) in [5.74, 6) is 0. The second-order valence-electron chi connectivity index (χ2n) is 4.79. The molecule has 0 unspecified atom stereocenters. The van der Waals surface area contributed by atoms with Crippen molar-refractivity contribution in [2.75, 3.05) is 26.2 Å². The maximum absolute atomic E-state index is 4.58. The first-order valence-corrected chi connectivity index (χ1v) is 7.36. The highest BCUT2D eigenvalue weighted by Crippen LogP contribution is 2.06. The van der Waals surface area contributed by atoms with Crippen LogP contribution in [0.25, 0.3) is 5.69 Å². The molecule has 108 valence electrons. The van der Waals surface area contributed by atoms with Crippen LogP contribution < -0.4 is 5.32 Å². The first-order chi connectivity index (χ1) is 9.83. The van der Waals surface area contributed by atoms with Crippen LogP contribution in [0.4, 0.5) is 0 Å². The van der Waals surface area contributed by atoms with E-state index in [0.29, 0.717) is 0 Å². The Labute approximate surface area is 121 Å². The van der Waals surface area contributed by atoms with Crippen LogP contribution in [-0.2, 0) is 6.54 Å². The summed E-state index contributed by atoms with van der Waals surface area (Å²) in [6.07, 6.45) is 2.01. The van der Waals surface area contributed by atoms with Gasteiger partial charge in [0.2, 0.25) is 0 Å². The first kappa shape index (κ1) is 14.8. The predicted molar refractivity (Wildman–Crippen MR) is 83.1 cm³/mol. The average molecular weight is 272 g/mol. The fraction of sp³-hybridized carbons (Fsp3) is 0.438. The fourth-order valence-corrected chi connectivity index (χ4v) is 2.17. The topological polar surface area (TPSA) is 33.1 Å². The molecule has 2 aromatic rings. The largest absolute Gasteiger partial charge is 0.310 e. The third-order valence-electron chi connectivity index (χ3n) is 3.47. The van der Waals surface area contributed by atoms with Crippen LogP contribution in [0, 0.1) is 0 Å². The lowest BCUT2D eigenvalue weighted by atomic mass is 10.3. The maximum Gasteiger partial charge on any atom is 0.0766 e. The number of hydrogen-bond donors (Lipinski definition) is 1. The van der Waals surface area contributed by atoms with Crippen molar-refractivity contribution in [2.24, 2.45) is 0 Å². The number of hydrogen-bond acceptors (Lipinski definition) is 3. The molecule has 1 aromatic carbocycles. The monoisotopic (exact) mass is 272 g/mol. The number of para-hydroxylation sites is 1. The molecule has 0 aliphatic carbocycles. The van der Waals surface area contributed by atoms with E-state index in [1.54, 1.807) is 0 Å². The minimum atomic E-state index is 0.821. The Hall–Kier alpha value is -1.65. The van der Waals surface area contributed by atoms with E-state index in [1.165, 1.54) is 0 Å². The van der Waals surface area contributed by atoms with Gasteiger partial charge in [-0.05, 0) is 31.3 Å². The zero-order valence-corrected chi connectivity index (χ0v) is 12.4. The zero-order chi connectivity index (χ0) is 14.2. The summed E-state index contributed by atoms with van der Waals surface area (Å²) in [5.41, 5.74) is 2.18. The first-order valence-electron chi connectivity index (χ1n) is 7.36. The van der Waals surface area contributed by atoms with E-state index < -0.39 is 0 Å². The van der Waals surface area contributed by atoms with Gasteiger partial charge in [-0.25, -0.2) is 4.68 Å². The maximum atomic E-state index is 4.58. The average Bonchev–Trinajstić information content (AvgIpc) is 2.97. The Kier molecular flexibility index (Phi) is 5.77. The number of aromatic nitrogens is 2. The Bertz CT molecular complexity index is 488. The molecule has 0 spiro atoms. The van der Waals surface area contributed by atoms with Crippen molar-refractivity contribution in [3.8, 4) is 5.69 Å². The van der Waals surface area contributed by atoms with Crippen molar-refractivity contribution >= 4 is 0 Å². The molecular weight excluding hydrogens is 248 g/mol. The van der Waals surface area contributed by atoms with Crippen LogP contribution >= 0.6 is 0 Å². The molecule has 2 rings (SSSR count).